The van der Waals surface area contributed by atoms with Gasteiger partial charge in [0.15, 0.2) is 5.76 Å². The number of hydrogen-bond acceptors (Lipinski definition) is 4. The molecule has 0 aliphatic heterocycles. The summed E-state index contributed by atoms with van der Waals surface area (Å²) in [6.45, 7) is -0.157. The van der Waals surface area contributed by atoms with Crippen molar-refractivity contribution in [1.82, 2.24) is 14.3 Å². The minimum atomic E-state index is -0.301. The van der Waals surface area contributed by atoms with E-state index in [9.17, 15) is 9.59 Å². The molecule has 0 bridgehead atoms. The molecule has 0 unspecified atom stereocenters. The second-order valence-electron chi connectivity index (χ2n) is 6.92. The third-order valence-corrected chi connectivity index (χ3v) is 4.88. The van der Waals surface area contributed by atoms with Crippen LogP contribution in [0.15, 0.2) is 70.1 Å². The van der Waals surface area contributed by atoms with Crippen molar-refractivity contribution in [1.29, 1.82) is 0 Å². The van der Waals surface area contributed by atoms with Crippen molar-refractivity contribution in [3.05, 3.63) is 71.3 Å². The molecular weight excluding hydrogens is 356 g/mol. The summed E-state index contributed by atoms with van der Waals surface area (Å²) in [5, 5.41) is 9.25. The summed E-state index contributed by atoms with van der Waals surface area (Å²) < 4.78 is 8.25. The second kappa shape index (κ2) is 6.53. The topological polar surface area (TPSA) is 82.1 Å². The molecule has 0 radical (unpaired) electrons. The van der Waals surface area contributed by atoms with Gasteiger partial charge in [0, 0.05) is 17.1 Å². The third-order valence-electron chi connectivity index (χ3n) is 4.88. The van der Waals surface area contributed by atoms with Crippen LogP contribution in [0.4, 0.5) is 5.69 Å². The maximum atomic E-state index is 12.8. The minimum absolute atomic E-state index is 0.127. The van der Waals surface area contributed by atoms with Crippen LogP contribution in [0.1, 0.15) is 18.9 Å². The van der Waals surface area contributed by atoms with Crippen molar-refractivity contribution in [2.75, 3.05) is 5.32 Å². The van der Waals surface area contributed by atoms with E-state index in [1.165, 1.54) is 4.68 Å². The number of furan rings is 1. The van der Waals surface area contributed by atoms with Crippen LogP contribution in [0.25, 0.3) is 22.4 Å². The fourth-order valence-corrected chi connectivity index (χ4v) is 3.42. The molecule has 7 nitrogen and oxygen atoms in total. The average molecular weight is 374 g/mol. The summed E-state index contributed by atoms with van der Waals surface area (Å²) in [4.78, 5) is 25.4. The quantitative estimate of drug-likeness (QED) is 0.580. The Kier molecular flexibility index (Phi) is 3.86. The van der Waals surface area contributed by atoms with E-state index in [4.69, 9.17) is 4.42 Å². The molecule has 4 aromatic rings. The number of fused-ring (bicyclic) bond motifs is 1. The molecule has 5 rings (SSSR count). The molecule has 140 valence electrons. The van der Waals surface area contributed by atoms with Gasteiger partial charge in [-0.05, 0) is 36.4 Å². The van der Waals surface area contributed by atoms with E-state index >= 15 is 0 Å². The molecule has 28 heavy (non-hydrogen) atoms. The lowest BCUT2D eigenvalue weighted by atomic mass is 10.1. The van der Waals surface area contributed by atoms with Gasteiger partial charge in [-0.2, -0.15) is 0 Å². The number of nitrogens with one attached hydrogen (secondary N) is 1. The van der Waals surface area contributed by atoms with Gasteiger partial charge in [0.05, 0.1) is 6.26 Å². The summed E-state index contributed by atoms with van der Waals surface area (Å²) in [5.41, 5.74) is 0.422. The number of benzene rings is 2. The molecule has 1 fully saturated rings. The Bertz CT molecular complexity index is 1210. The molecule has 2 aromatic heterocycles. The molecule has 0 atom stereocenters. The fraction of sp³-hybridized carbons (Fsp3) is 0.190. The van der Waals surface area contributed by atoms with Crippen LogP contribution in [-0.4, -0.2) is 20.3 Å². The van der Waals surface area contributed by atoms with Gasteiger partial charge in [0.2, 0.25) is 11.7 Å². The normalized spacial score (nSPS) is 13.7. The summed E-state index contributed by atoms with van der Waals surface area (Å²) in [7, 11) is 0. The van der Waals surface area contributed by atoms with E-state index in [1.54, 1.807) is 23.0 Å². The summed E-state index contributed by atoms with van der Waals surface area (Å²) >= 11 is 0. The van der Waals surface area contributed by atoms with Crippen LogP contribution < -0.4 is 11.0 Å². The predicted molar refractivity (Wildman–Crippen MR) is 105 cm³/mol. The zero-order valence-electron chi connectivity index (χ0n) is 15.0. The number of aromatic nitrogens is 3. The Hall–Kier alpha value is -3.61. The first kappa shape index (κ1) is 16.6. The number of carbonyl (C=O) groups is 1. The monoisotopic (exact) mass is 374 g/mol. The number of hydrogen-bond donors (Lipinski definition) is 1. The largest absolute Gasteiger partial charge is 0.461 e. The van der Waals surface area contributed by atoms with Crippen LogP contribution >= 0.6 is 0 Å². The van der Waals surface area contributed by atoms with Gasteiger partial charge < -0.3 is 9.73 Å². The van der Waals surface area contributed by atoms with Crippen molar-refractivity contribution in [2.45, 2.75) is 25.4 Å². The van der Waals surface area contributed by atoms with Gasteiger partial charge in [0.25, 0.3) is 0 Å². The Labute approximate surface area is 160 Å². The molecule has 1 saturated carbocycles. The molecule has 1 amide bonds. The van der Waals surface area contributed by atoms with E-state index in [0.717, 1.165) is 23.6 Å². The van der Waals surface area contributed by atoms with Gasteiger partial charge in [0.1, 0.15) is 6.54 Å². The third kappa shape index (κ3) is 2.90. The Morgan fingerprint density at radius 3 is 2.71 bits per heavy atom. The van der Waals surface area contributed by atoms with Crippen molar-refractivity contribution >= 4 is 22.4 Å². The van der Waals surface area contributed by atoms with Crippen molar-refractivity contribution in [3.63, 3.8) is 0 Å². The first-order valence-corrected chi connectivity index (χ1v) is 9.21. The van der Waals surface area contributed by atoms with Crippen molar-refractivity contribution in [2.24, 2.45) is 0 Å². The highest BCUT2D eigenvalue weighted by Crippen LogP contribution is 2.36. The summed E-state index contributed by atoms with van der Waals surface area (Å²) in [6.07, 6.45) is 3.41. The van der Waals surface area contributed by atoms with Gasteiger partial charge in [-0.3, -0.25) is 9.36 Å². The second-order valence-corrected chi connectivity index (χ2v) is 6.92. The highest BCUT2D eigenvalue weighted by Gasteiger charge is 2.31. The molecule has 0 saturated heterocycles. The Balaban J connectivity index is 1.44. The van der Waals surface area contributed by atoms with E-state index < -0.39 is 0 Å². The smallest absolute Gasteiger partial charge is 0.347 e. The lowest BCUT2D eigenvalue weighted by Crippen LogP contribution is -2.30. The maximum Gasteiger partial charge on any atom is 0.347 e. The van der Waals surface area contributed by atoms with Gasteiger partial charge >= 0.3 is 5.69 Å². The van der Waals surface area contributed by atoms with Crippen molar-refractivity contribution in [3.8, 4) is 11.6 Å². The van der Waals surface area contributed by atoms with E-state index in [1.807, 2.05) is 42.5 Å². The van der Waals surface area contributed by atoms with Crippen molar-refractivity contribution < 1.29 is 9.21 Å². The van der Waals surface area contributed by atoms with Crippen LogP contribution in [0, 0.1) is 0 Å². The van der Waals surface area contributed by atoms with E-state index in [0.29, 0.717) is 17.3 Å². The standard InChI is InChI=1S/C21H18N4O3/c26-19(22-17-8-3-6-14-5-1-2-7-16(14)17)13-24-21(27)25(15-10-11-15)20(23-24)18-9-4-12-28-18/h1-9,12,15H,10-11,13H2,(H,22,26). The molecule has 1 N–H and O–H groups in total. The lowest BCUT2D eigenvalue weighted by molar-refractivity contribution is -0.117. The molecular formula is C21H18N4O3. The van der Waals surface area contributed by atoms with Crippen LogP contribution in [0.3, 0.4) is 0 Å². The van der Waals surface area contributed by atoms with Crippen LogP contribution in [0.5, 0.6) is 0 Å². The molecule has 1 aliphatic carbocycles. The SMILES string of the molecule is O=C(Cn1nc(-c2ccco2)n(C2CC2)c1=O)Nc1cccc2ccccc12. The van der Waals surface area contributed by atoms with Gasteiger partial charge in [-0.25, -0.2) is 9.48 Å². The summed E-state index contributed by atoms with van der Waals surface area (Å²) in [5.74, 6) is 0.692. The average Bonchev–Trinajstić information content (AvgIpc) is 3.28. The highest BCUT2D eigenvalue weighted by atomic mass is 16.3. The molecule has 2 aromatic carbocycles. The molecule has 2 heterocycles. The predicted octanol–water partition coefficient (Wildman–Crippen LogP) is 3.43. The first-order valence-electron chi connectivity index (χ1n) is 9.21. The highest BCUT2D eigenvalue weighted by molar-refractivity contribution is 6.01. The van der Waals surface area contributed by atoms with E-state index in [2.05, 4.69) is 10.4 Å². The molecule has 1 aliphatic rings. The molecule has 7 heteroatoms. The van der Waals surface area contributed by atoms with Crippen LogP contribution in [-0.2, 0) is 11.3 Å². The number of amides is 1. The summed E-state index contributed by atoms with van der Waals surface area (Å²) in [6, 6.07) is 17.2. The Morgan fingerprint density at radius 1 is 1.11 bits per heavy atom. The number of anilines is 1. The van der Waals surface area contributed by atoms with Crippen LogP contribution in [0.2, 0.25) is 0 Å². The first-order chi connectivity index (χ1) is 13.7. The zero-order valence-corrected chi connectivity index (χ0v) is 15.0. The number of nitrogens with zero attached hydrogens (tertiary/aromatic N) is 3. The zero-order chi connectivity index (χ0) is 19.1. The molecule has 0 spiro atoms. The Morgan fingerprint density at radius 2 is 1.93 bits per heavy atom. The fourth-order valence-electron chi connectivity index (χ4n) is 3.42. The number of carbonyl (C=O) groups excluding carboxylic acids is 1. The van der Waals surface area contributed by atoms with Gasteiger partial charge in [-0.1, -0.05) is 36.4 Å². The maximum absolute atomic E-state index is 12.8. The number of rotatable bonds is 5. The van der Waals surface area contributed by atoms with Gasteiger partial charge in [-0.15, -0.1) is 5.10 Å². The lowest BCUT2D eigenvalue weighted by Gasteiger charge is -2.08. The van der Waals surface area contributed by atoms with E-state index in [-0.39, 0.29) is 24.2 Å². The minimum Gasteiger partial charge on any atom is -0.461 e.